The first-order chi connectivity index (χ1) is 8.83. The topological polar surface area (TPSA) is 12.0 Å². The van der Waals surface area contributed by atoms with Gasteiger partial charge in [-0.1, -0.05) is 26.8 Å². The summed E-state index contributed by atoms with van der Waals surface area (Å²) in [6, 6.07) is 5.85. The number of anilines is 1. The second kappa shape index (κ2) is 3.97. The van der Waals surface area contributed by atoms with Gasteiger partial charge in [-0.05, 0) is 60.6 Å². The number of halogens is 1. The van der Waals surface area contributed by atoms with Gasteiger partial charge in [-0.25, -0.2) is 4.39 Å². The highest BCUT2D eigenvalue weighted by atomic mass is 19.1. The molecular weight excluding hydrogens is 237 g/mol. The number of nitrogens with one attached hydrogen (secondary N) is 1. The van der Waals surface area contributed by atoms with Crippen molar-refractivity contribution in [3.63, 3.8) is 0 Å². The van der Waals surface area contributed by atoms with E-state index in [4.69, 9.17) is 0 Å². The predicted molar refractivity (Wildman–Crippen MR) is 77.8 cm³/mol. The van der Waals surface area contributed by atoms with E-state index in [-0.39, 0.29) is 11.2 Å². The molecule has 0 amide bonds. The molecule has 1 aromatic carbocycles. The van der Waals surface area contributed by atoms with Gasteiger partial charge in [0.2, 0.25) is 0 Å². The van der Waals surface area contributed by atoms with E-state index >= 15 is 0 Å². The summed E-state index contributed by atoms with van der Waals surface area (Å²) in [5.74, 6) is 0.658. The standard InChI is InChI=1S/C17H24FN/c1-11-5-6-14(13(18)9-11)19-15-16(2,3)12-7-8-17(15,4)10-12/h5-6,9,12,15,19H,7-8,10H2,1-4H3. The molecule has 0 aromatic heterocycles. The zero-order valence-corrected chi connectivity index (χ0v) is 12.4. The van der Waals surface area contributed by atoms with Gasteiger partial charge < -0.3 is 5.32 Å². The fourth-order valence-electron chi connectivity index (χ4n) is 4.55. The molecule has 0 spiro atoms. The minimum absolute atomic E-state index is 0.123. The maximum absolute atomic E-state index is 14.1. The molecule has 1 N–H and O–H groups in total. The molecule has 3 unspecified atom stereocenters. The van der Waals surface area contributed by atoms with Crippen LogP contribution < -0.4 is 5.32 Å². The van der Waals surface area contributed by atoms with Crippen molar-refractivity contribution in [1.29, 1.82) is 0 Å². The van der Waals surface area contributed by atoms with Crippen molar-refractivity contribution in [3.8, 4) is 0 Å². The Kier molecular flexibility index (Phi) is 2.71. The van der Waals surface area contributed by atoms with Crippen LogP contribution in [0, 0.1) is 29.5 Å². The lowest BCUT2D eigenvalue weighted by Gasteiger charge is -2.43. The maximum Gasteiger partial charge on any atom is 0.146 e. The average molecular weight is 261 g/mol. The number of hydrogen-bond acceptors (Lipinski definition) is 1. The first-order valence-electron chi connectivity index (χ1n) is 7.36. The highest BCUT2D eigenvalue weighted by molar-refractivity contribution is 5.48. The second-order valence-electron chi connectivity index (χ2n) is 7.48. The van der Waals surface area contributed by atoms with Gasteiger partial charge in [0.15, 0.2) is 0 Å². The van der Waals surface area contributed by atoms with Crippen LogP contribution in [0.15, 0.2) is 18.2 Å². The number of aryl methyl sites for hydroxylation is 1. The van der Waals surface area contributed by atoms with Crippen LogP contribution in [-0.2, 0) is 0 Å². The fourth-order valence-corrected chi connectivity index (χ4v) is 4.55. The Hall–Kier alpha value is -1.05. The van der Waals surface area contributed by atoms with Crippen LogP contribution in [0.3, 0.4) is 0 Å². The normalized spacial score (nSPS) is 35.6. The number of fused-ring (bicyclic) bond motifs is 2. The van der Waals surface area contributed by atoms with Crippen molar-refractivity contribution in [1.82, 2.24) is 0 Å². The van der Waals surface area contributed by atoms with Gasteiger partial charge in [0.25, 0.3) is 0 Å². The molecule has 2 aliphatic rings. The first-order valence-corrected chi connectivity index (χ1v) is 7.36. The van der Waals surface area contributed by atoms with Crippen molar-refractivity contribution < 1.29 is 4.39 Å². The third kappa shape index (κ3) is 1.87. The zero-order valence-electron chi connectivity index (χ0n) is 12.4. The van der Waals surface area contributed by atoms with Crippen molar-refractivity contribution in [2.24, 2.45) is 16.7 Å². The smallest absolute Gasteiger partial charge is 0.146 e. The SMILES string of the molecule is Cc1ccc(NC2C3(C)CCC(C3)C2(C)C)c(F)c1. The molecule has 1 aromatic rings. The molecule has 2 fully saturated rings. The highest BCUT2D eigenvalue weighted by Crippen LogP contribution is 2.63. The van der Waals surface area contributed by atoms with Gasteiger partial charge in [-0.3, -0.25) is 0 Å². The Morgan fingerprint density at radius 1 is 1.26 bits per heavy atom. The molecule has 1 nitrogen and oxygen atoms in total. The molecule has 3 atom stereocenters. The molecule has 3 rings (SSSR count). The minimum Gasteiger partial charge on any atom is -0.379 e. The van der Waals surface area contributed by atoms with Gasteiger partial charge in [0, 0.05) is 6.04 Å². The maximum atomic E-state index is 14.1. The number of benzene rings is 1. The van der Waals surface area contributed by atoms with E-state index in [0.29, 0.717) is 17.1 Å². The lowest BCUT2D eigenvalue weighted by molar-refractivity contribution is 0.155. The monoisotopic (exact) mass is 261 g/mol. The van der Waals surface area contributed by atoms with E-state index in [9.17, 15) is 4.39 Å². The molecule has 2 bridgehead atoms. The van der Waals surface area contributed by atoms with E-state index in [2.05, 4.69) is 26.1 Å². The average Bonchev–Trinajstić information content (AvgIpc) is 2.78. The summed E-state index contributed by atoms with van der Waals surface area (Å²) >= 11 is 0. The molecule has 0 saturated heterocycles. The van der Waals surface area contributed by atoms with Gasteiger partial charge in [-0.2, -0.15) is 0 Å². The molecule has 2 heteroatoms. The third-order valence-electron chi connectivity index (χ3n) is 5.69. The van der Waals surface area contributed by atoms with Crippen LogP contribution in [0.4, 0.5) is 10.1 Å². The van der Waals surface area contributed by atoms with Crippen molar-refractivity contribution in [3.05, 3.63) is 29.6 Å². The van der Waals surface area contributed by atoms with Gasteiger partial charge >= 0.3 is 0 Å². The van der Waals surface area contributed by atoms with Gasteiger partial charge in [0.05, 0.1) is 5.69 Å². The van der Waals surface area contributed by atoms with E-state index in [1.54, 1.807) is 6.07 Å². The Morgan fingerprint density at radius 3 is 2.58 bits per heavy atom. The fraction of sp³-hybridized carbons (Fsp3) is 0.647. The second-order valence-corrected chi connectivity index (χ2v) is 7.48. The van der Waals surface area contributed by atoms with E-state index in [1.165, 1.54) is 19.3 Å². The molecular formula is C17H24FN. The number of rotatable bonds is 2. The summed E-state index contributed by atoms with van der Waals surface area (Å²) in [4.78, 5) is 0. The van der Waals surface area contributed by atoms with Crippen LogP contribution in [0.5, 0.6) is 0 Å². The van der Waals surface area contributed by atoms with E-state index < -0.39 is 0 Å². The van der Waals surface area contributed by atoms with Gasteiger partial charge in [-0.15, -0.1) is 0 Å². The van der Waals surface area contributed by atoms with Crippen LogP contribution >= 0.6 is 0 Å². The Morgan fingerprint density at radius 2 is 2.00 bits per heavy atom. The Labute approximate surface area is 115 Å². The van der Waals surface area contributed by atoms with E-state index in [0.717, 1.165) is 11.5 Å². The zero-order chi connectivity index (χ0) is 13.8. The molecule has 0 aliphatic heterocycles. The quantitative estimate of drug-likeness (QED) is 0.809. The van der Waals surface area contributed by atoms with Crippen molar-refractivity contribution in [2.45, 2.75) is 53.0 Å². The highest BCUT2D eigenvalue weighted by Gasteiger charge is 2.59. The molecule has 0 heterocycles. The van der Waals surface area contributed by atoms with Crippen LogP contribution in [0.25, 0.3) is 0 Å². The summed E-state index contributed by atoms with van der Waals surface area (Å²) in [6.45, 7) is 8.97. The molecule has 0 radical (unpaired) electrons. The lowest BCUT2D eigenvalue weighted by Crippen LogP contribution is -2.45. The summed E-state index contributed by atoms with van der Waals surface area (Å²) in [6.07, 6.45) is 3.88. The van der Waals surface area contributed by atoms with Crippen LogP contribution in [0.2, 0.25) is 0 Å². The summed E-state index contributed by atoms with van der Waals surface area (Å²) < 4.78 is 14.1. The van der Waals surface area contributed by atoms with Crippen LogP contribution in [-0.4, -0.2) is 6.04 Å². The molecule has 19 heavy (non-hydrogen) atoms. The van der Waals surface area contributed by atoms with Crippen molar-refractivity contribution in [2.75, 3.05) is 5.32 Å². The molecule has 2 saturated carbocycles. The molecule has 2 aliphatic carbocycles. The minimum atomic E-state index is -0.123. The van der Waals surface area contributed by atoms with Crippen molar-refractivity contribution >= 4 is 5.69 Å². The first kappa shape index (κ1) is 13.0. The van der Waals surface area contributed by atoms with Crippen LogP contribution in [0.1, 0.15) is 45.6 Å². The number of hydrogen-bond donors (Lipinski definition) is 1. The predicted octanol–water partition coefficient (Wildman–Crippen LogP) is 4.76. The Bertz CT molecular complexity index is 503. The molecule has 104 valence electrons. The summed E-state index contributed by atoms with van der Waals surface area (Å²) in [5.41, 5.74) is 2.22. The lowest BCUT2D eigenvalue weighted by atomic mass is 9.68. The third-order valence-corrected chi connectivity index (χ3v) is 5.69. The summed E-state index contributed by atoms with van der Waals surface area (Å²) in [5, 5.41) is 3.52. The largest absolute Gasteiger partial charge is 0.379 e. The Balaban J connectivity index is 1.90. The van der Waals surface area contributed by atoms with E-state index in [1.807, 2.05) is 19.1 Å². The van der Waals surface area contributed by atoms with Gasteiger partial charge in [0.1, 0.15) is 5.82 Å². The summed E-state index contributed by atoms with van der Waals surface area (Å²) in [7, 11) is 0.